The minimum atomic E-state index is -0.0939. The smallest absolute Gasteiger partial charge is 0.132 e. The molecule has 3 aliphatic rings. The normalized spacial score (nSPS) is 35.6. The number of benzene rings is 2. The van der Waals surface area contributed by atoms with E-state index < -0.39 is 0 Å². The van der Waals surface area contributed by atoms with Crippen molar-refractivity contribution in [2.75, 3.05) is 0 Å². The van der Waals surface area contributed by atoms with E-state index in [4.69, 9.17) is 9.84 Å². The Bertz CT molecular complexity index is 727. The fraction of sp³-hybridized carbons (Fsp3) is 0.381. The van der Waals surface area contributed by atoms with E-state index in [-0.39, 0.29) is 5.60 Å². The number of ether oxygens (including phenoxy) is 1. The molecule has 2 aliphatic heterocycles. The first kappa shape index (κ1) is 14.2. The molecule has 0 amide bonds. The predicted octanol–water partition coefficient (Wildman–Crippen LogP) is 4.48. The second-order valence-electron chi connectivity index (χ2n) is 7.24. The molecule has 1 aliphatic carbocycles. The van der Waals surface area contributed by atoms with Gasteiger partial charge in [0, 0.05) is 0 Å². The first-order valence-electron chi connectivity index (χ1n) is 8.91. The molecule has 0 spiro atoms. The fourth-order valence-electron chi connectivity index (χ4n) is 4.16. The van der Waals surface area contributed by atoms with Gasteiger partial charge in [0.15, 0.2) is 0 Å². The predicted molar refractivity (Wildman–Crippen MR) is 94.8 cm³/mol. The molecule has 2 aromatic rings. The lowest BCUT2D eigenvalue weighted by atomic mass is 9.89. The molecule has 4 unspecified atom stereocenters. The van der Waals surface area contributed by atoms with Gasteiger partial charge in [-0.1, -0.05) is 60.7 Å². The van der Waals surface area contributed by atoms with Crippen LogP contribution in [0.4, 0.5) is 0 Å². The van der Waals surface area contributed by atoms with Gasteiger partial charge in [-0.2, -0.15) is 5.10 Å². The van der Waals surface area contributed by atoms with Gasteiger partial charge in [-0.3, -0.25) is 5.01 Å². The van der Waals surface area contributed by atoms with Crippen molar-refractivity contribution in [1.29, 1.82) is 0 Å². The lowest BCUT2D eigenvalue weighted by Gasteiger charge is -2.16. The van der Waals surface area contributed by atoms with Crippen molar-refractivity contribution in [1.82, 2.24) is 5.01 Å². The summed E-state index contributed by atoms with van der Waals surface area (Å²) in [5.41, 5.74) is 3.82. The lowest BCUT2D eigenvalue weighted by molar-refractivity contribution is 0.351. The first-order valence-corrected chi connectivity index (χ1v) is 8.91. The Morgan fingerprint density at radius 3 is 2.12 bits per heavy atom. The zero-order chi connectivity index (χ0) is 16.1. The molecule has 3 fully saturated rings. The summed E-state index contributed by atoms with van der Waals surface area (Å²) < 4.78 is 5.93. The van der Waals surface area contributed by atoms with Gasteiger partial charge in [-0.05, 0) is 37.3 Å². The molecule has 0 radical (unpaired) electrons. The Kier molecular flexibility index (Phi) is 3.07. The molecule has 2 saturated heterocycles. The van der Waals surface area contributed by atoms with E-state index in [1.54, 1.807) is 0 Å². The van der Waals surface area contributed by atoms with Gasteiger partial charge in [0.25, 0.3) is 0 Å². The minimum Gasteiger partial charge on any atom is -0.360 e. The number of fused-ring (bicyclic) bond motifs is 1. The van der Waals surface area contributed by atoms with Crippen molar-refractivity contribution in [2.24, 2.45) is 5.10 Å². The highest BCUT2D eigenvalue weighted by molar-refractivity contribution is 5.96. The number of rotatable bonds is 3. The number of hydrogen-bond donors (Lipinski definition) is 0. The molecule has 3 heteroatoms. The van der Waals surface area contributed by atoms with Crippen LogP contribution in [0.2, 0.25) is 0 Å². The molecule has 3 nitrogen and oxygen atoms in total. The van der Waals surface area contributed by atoms with Crippen molar-refractivity contribution >= 4 is 5.71 Å². The number of hydrazone groups is 1. The molecule has 0 bridgehead atoms. The third-order valence-corrected chi connectivity index (χ3v) is 5.69. The van der Waals surface area contributed by atoms with Crippen LogP contribution < -0.4 is 0 Å². The average Bonchev–Trinajstić information content (AvgIpc) is 3.51. The zero-order valence-corrected chi connectivity index (χ0v) is 13.9. The van der Waals surface area contributed by atoms with Crippen LogP contribution in [0, 0.1) is 0 Å². The molecule has 2 aromatic carbocycles. The maximum absolute atomic E-state index is 5.93. The second-order valence-corrected chi connectivity index (χ2v) is 7.24. The van der Waals surface area contributed by atoms with Crippen molar-refractivity contribution in [3.63, 3.8) is 0 Å². The summed E-state index contributed by atoms with van der Waals surface area (Å²) in [5.74, 6) is 0. The molecule has 0 aromatic heterocycles. The Labute approximate surface area is 142 Å². The minimum absolute atomic E-state index is 0.0939. The molecule has 24 heavy (non-hydrogen) atoms. The highest BCUT2D eigenvalue weighted by Gasteiger charge is 2.59. The number of epoxide rings is 1. The monoisotopic (exact) mass is 318 g/mol. The third-order valence-electron chi connectivity index (χ3n) is 5.69. The molecule has 0 N–H and O–H groups in total. The molecular weight excluding hydrogens is 296 g/mol. The Balaban J connectivity index is 1.49. The molecule has 4 atom stereocenters. The largest absolute Gasteiger partial charge is 0.360 e. The van der Waals surface area contributed by atoms with Crippen LogP contribution in [0.5, 0.6) is 0 Å². The SMILES string of the molecule is CC12OC1CCC/C2=N/N1C(c2ccccc2)C1c1ccccc1. The van der Waals surface area contributed by atoms with Crippen LogP contribution in [0.25, 0.3) is 0 Å². The van der Waals surface area contributed by atoms with E-state index in [0.717, 1.165) is 6.42 Å². The van der Waals surface area contributed by atoms with Gasteiger partial charge in [0.2, 0.25) is 0 Å². The standard InChI is InChI=1S/C21H22N2O/c1-21-17(13-8-14-18(21)24-21)22-23-19(15-9-4-2-5-10-15)20(23)16-11-6-3-7-12-16/h2-7,9-12,18-20H,8,13-14H2,1H3/b22-17-. The quantitative estimate of drug-likeness (QED) is 0.780. The van der Waals surface area contributed by atoms with Gasteiger partial charge < -0.3 is 4.74 Å². The summed E-state index contributed by atoms with van der Waals surface area (Å²) in [4.78, 5) is 0. The first-order chi connectivity index (χ1) is 11.8. The summed E-state index contributed by atoms with van der Waals surface area (Å²) >= 11 is 0. The molecule has 2 heterocycles. The van der Waals surface area contributed by atoms with Gasteiger partial charge in [0.05, 0.1) is 23.9 Å². The molecular formula is C21H22N2O. The van der Waals surface area contributed by atoms with E-state index in [2.05, 4.69) is 72.6 Å². The van der Waals surface area contributed by atoms with Crippen molar-refractivity contribution in [3.05, 3.63) is 71.8 Å². The average molecular weight is 318 g/mol. The molecule has 1 saturated carbocycles. The fourth-order valence-corrected chi connectivity index (χ4v) is 4.16. The van der Waals surface area contributed by atoms with Crippen LogP contribution in [-0.4, -0.2) is 22.4 Å². The van der Waals surface area contributed by atoms with E-state index >= 15 is 0 Å². The Morgan fingerprint density at radius 2 is 1.54 bits per heavy atom. The van der Waals surface area contributed by atoms with E-state index in [9.17, 15) is 0 Å². The van der Waals surface area contributed by atoms with E-state index in [1.807, 2.05) is 0 Å². The summed E-state index contributed by atoms with van der Waals surface area (Å²) in [6.07, 6.45) is 3.83. The van der Waals surface area contributed by atoms with Crippen molar-refractivity contribution < 1.29 is 4.74 Å². The Hall–Kier alpha value is -2.13. The number of nitrogens with zero attached hydrogens (tertiary/aromatic N) is 2. The van der Waals surface area contributed by atoms with Gasteiger partial charge in [-0.15, -0.1) is 0 Å². The van der Waals surface area contributed by atoms with Crippen LogP contribution in [0.3, 0.4) is 0 Å². The second kappa shape index (κ2) is 5.18. The van der Waals surface area contributed by atoms with Crippen LogP contribution in [0.15, 0.2) is 65.8 Å². The van der Waals surface area contributed by atoms with Crippen LogP contribution >= 0.6 is 0 Å². The van der Waals surface area contributed by atoms with Crippen molar-refractivity contribution in [3.8, 4) is 0 Å². The summed E-state index contributed by atoms with van der Waals surface area (Å²) in [5, 5.41) is 7.36. The van der Waals surface area contributed by atoms with Gasteiger partial charge in [0.1, 0.15) is 5.60 Å². The third kappa shape index (κ3) is 2.19. The maximum atomic E-state index is 5.93. The summed E-state index contributed by atoms with van der Waals surface area (Å²) in [6, 6.07) is 22.1. The Morgan fingerprint density at radius 1 is 0.958 bits per heavy atom. The lowest BCUT2D eigenvalue weighted by Crippen LogP contribution is -2.28. The highest BCUT2D eigenvalue weighted by atomic mass is 16.6. The highest BCUT2D eigenvalue weighted by Crippen LogP contribution is 2.56. The van der Waals surface area contributed by atoms with Crippen molar-refractivity contribution in [2.45, 2.75) is 50.0 Å². The van der Waals surface area contributed by atoms with Gasteiger partial charge >= 0.3 is 0 Å². The van der Waals surface area contributed by atoms with E-state index in [1.165, 1.54) is 29.7 Å². The molecule has 5 rings (SSSR count). The van der Waals surface area contributed by atoms with Crippen LogP contribution in [0.1, 0.15) is 49.4 Å². The van der Waals surface area contributed by atoms with Gasteiger partial charge in [-0.25, -0.2) is 0 Å². The van der Waals surface area contributed by atoms with Crippen LogP contribution in [-0.2, 0) is 4.74 Å². The summed E-state index contributed by atoms with van der Waals surface area (Å²) in [6.45, 7) is 2.20. The van der Waals surface area contributed by atoms with E-state index in [0.29, 0.717) is 18.2 Å². The zero-order valence-electron chi connectivity index (χ0n) is 13.9. The maximum Gasteiger partial charge on any atom is 0.132 e. The topological polar surface area (TPSA) is 27.9 Å². The molecule has 122 valence electrons. The number of hydrogen-bond acceptors (Lipinski definition) is 3. The summed E-state index contributed by atoms with van der Waals surface area (Å²) in [7, 11) is 0.